The predicted molar refractivity (Wildman–Crippen MR) is 92.7 cm³/mol. The number of hydrogen-bond donors (Lipinski definition) is 0. The molecule has 0 N–H and O–H groups in total. The molecule has 1 heterocycles. The lowest BCUT2D eigenvalue weighted by Gasteiger charge is -2.17. The number of carbonyl (C=O) groups excluding carboxylic acids is 1. The fraction of sp³-hybridized carbons (Fsp3) is 0.350. The molecule has 0 saturated carbocycles. The molecule has 132 valence electrons. The van der Waals surface area contributed by atoms with Crippen LogP contribution in [0.5, 0.6) is 11.5 Å². The second-order valence-electron chi connectivity index (χ2n) is 5.94. The van der Waals surface area contributed by atoms with Gasteiger partial charge in [0, 0.05) is 0 Å². The molecule has 0 aromatic heterocycles. The van der Waals surface area contributed by atoms with E-state index in [4.69, 9.17) is 18.9 Å². The first-order valence-corrected chi connectivity index (χ1v) is 8.26. The van der Waals surface area contributed by atoms with Crippen molar-refractivity contribution in [3.8, 4) is 11.5 Å². The first-order valence-electron chi connectivity index (χ1n) is 8.26. The number of methoxy groups -OCH3 is 2. The van der Waals surface area contributed by atoms with Crippen molar-refractivity contribution in [2.45, 2.75) is 18.6 Å². The number of benzene rings is 2. The maximum absolute atomic E-state index is 12.2. The van der Waals surface area contributed by atoms with Crippen LogP contribution in [0.15, 0.2) is 54.6 Å². The van der Waals surface area contributed by atoms with Gasteiger partial charge in [-0.25, -0.2) is 0 Å². The van der Waals surface area contributed by atoms with Crippen molar-refractivity contribution in [3.63, 3.8) is 0 Å². The highest BCUT2D eigenvalue weighted by Gasteiger charge is 2.41. The SMILES string of the molecule is COC(=O)[C@H]1C[C@@H](COc2ccccc2)O[C@H]1c1ccc(OC)cc1. The van der Waals surface area contributed by atoms with E-state index in [-0.39, 0.29) is 24.1 Å². The Hall–Kier alpha value is -2.53. The van der Waals surface area contributed by atoms with Gasteiger partial charge in [-0.1, -0.05) is 30.3 Å². The quantitative estimate of drug-likeness (QED) is 0.753. The third-order valence-corrected chi connectivity index (χ3v) is 4.35. The molecule has 3 rings (SSSR count). The van der Waals surface area contributed by atoms with Crippen LogP contribution in [0.25, 0.3) is 0 Å². The Labute approximate surface area is 147 Å². The summed E-state index contributed by atoms with van der Waals surface area (Å²) < 4.78 is 22.0. The molecule has 2 aromatic carbocycles. The van der Waals surface area contributed by atoms with E-state index in [0.29, 0.717) is 13.0 Å². The molecule has 0 unspecified atom stereocenters. The maximum atomic E-state index is 12.2. The van der Waals surface area contributed by atoms with E-state index in [0.717, 1.165) is 17.1 Å². The highest BCUT2D eigenvalue weighted by atomic mass is 16.6. The van der Waals surface area contributed by atoms with Crippen molar-refractivity contribution in [2.24, 2.45) is 5.92 Å². The van der Waals surface area contributed by atoms with Gasteiger partial charge in [-0.05, 0) is 36.2 Å². The molecule has 0 amide bonds. The van der Waals surface area contributed by atoms with Crippen LogP contribution in [-0.4, -0.2) is 32.9 Å². The second kappa shape index (κ2) is 8.03. The summed E-state index contributed by atoms with van der Waals surface area (Å²) in [7, 11) is 3.02. The van der Waals surface area contributed by atoms with Gasteiger partial charge >= 0.3 is 5.97 Å². The van der Waals surface area contributed by atoms with E-state index in [2.05, 4.69) is 0 Å². The minimum absolute atomic E-state index is 0.170. The highest BCUT2D eigenvalue weighted by molar-refractivity contribution is 5.73. The Balaban J connectivity index is 1.70. The predicted octanol–water partition coefficient (Wildman–Crippen LogP) is 3.39. The Morgan fingerprint density at radius 1 is 1.04 bits per heavy atom. The van der Waals surface area contributed by atoms with Crippen LogP contribution in [0.2, 0.25) is 0 Å². The van der Waals surface area contributed by atoms with Gasteiger partial charge in [0.25, 0.3) is 0 Å². The van der Waals surface area contributed by atoms with Crippen molar-refractivity contribution < 1.29 is 23.7 Å². The molecule has 1 aliphatic rings. The standard InChI is InChI=1S/C20H22O5/c1-22-15-10-8-14(9-11-15)19-18(20(21)23-2)12-17(25-19)13-24-16-6-4-3-5-7-16/h3-11,17-19H,12-13H2,1-2H3/t17-,18-,19-/m0/s1. The lowest BCUT2D eigenvalue weighted by molar-refractivity contribution is -0.147. The fourth-order valence-electron chi connectivity index (χ4n) is 3.05. The van der Waals surface area contributed by atoms with E-state index in [9.17, 15) is 4.79 Å². The van der Waals surface area contributed by atoms with Crippen LogP contribution in [-0.2, 0) is 14.3 Å². The zero-order valence-corrected chi connectivity index (χ0v) is 14.4. The number of rotatable bonds is 6. The van der Waals surface area contributed by atoms with Crippen molar-refractivity contribution in [2.75, 3.05) is 20.8 Å². The van der Waals surface area contributed by atoms with Gasteiger partial charge in [-0.15, -0.1) is 0 Å². The number of esters is 1. The molecular weight excluding hydrogens is 320 g/mol. The molecule has 0 spiro atoms. The summed E-state index contributed by atoms with van der Waals surface area (Å²) >= 11 is 0. The third-order valence-electron chi connectivity index (χ3n) is 4.35. The fourth-order valence-corrected chi connectivity index (χ4v) is 3.05. The maximum Gasteiger partial charge on any atom is 0.311 e. The highest BCUT2D eigenvalue weighted by Crippen LogP contribution is 2.39. The summed E-state index contributed by atoms with van der Waals surface area (Å²) in [5, 5.41) is 0. The lowest BCUT2D eigenvalue weighted by atomic mass is 9.94. The average molecular weight is 342 g/mol. The van der Waals surface area contributed by atoms with Gasteiger partial charge in [-0.3, -0.25) is 4.79 Å². The van der Waals surface area contributed by atoms with E-state index in [1.807, 2.05) is 54.6 Å². The summed E-state index contributed by atoms with van der Waals surface area (Å²) in [6, 6.07) is 17.1. The largest absolute Gasteiger partial charge is 0.497 e. The van der Waals surface area contributed by atoms with Crippen molar-refractivity contribution in [3.05, 3.63) is 60.2 Å². The van der Waals surface area contributed by atoms with Gasteiger partial charge in [-0.2, -0.15) is 0 Å². The normalized spacial score (nSPS) is 22.4. The molecule has 5 heteroatoms. The molecule has 0 radical (unpaired) electrons. The lowest BCUT2D eigenvalue weighted by Crippen LogP contribution is -2.20. The molecule has 1 aliphatic heterocycles. The zero-order valence-electron chi connectivity index (χ0n) is 14.4. The Bertz CT molecular complexity index is 683. The third kappa shape index (κ3) is 4.12. The van der Waals surface area contributed by atoms with Crippen LogP contribution >= 0.6 is 0 Å². The summed E-state index contributed by atoms with van der Waals surface area (Å²) in [5.74, 6) is 0.944. The van der Waals surface area contributed by atoms with Crippen LogP contribution in [0, 0.1) is 5.92 Å². The van der Waals surface area contributed by atoms with Gasteiger partial charge in [0.05, 0.1) is 32.3 Å². The molecule has 1 saturated heterocycles. The Morgan fingerprint density at radius 3 is 2.40 bits per heavy atom. The number of para-hydroxylation sites is 1. The van der Waals surface area contributed by atoms with E-state index in [1.165, 1.54) is 7.11 Å². The summed E-state index contributed by atoms with van der Waals surface area (Å²) in [6.07, 6.45) is 0.0510. The molecule has 3 atom stereocenters. The topological polar surface area (TPSA) is 54.0 Å². The van der Waals surface area contributed by atoms with Gasteiger partial charge < -0.3 is 18.9 Å². The van der Waals surface area contributed by atoms with Crippen molar-refractivity contribution >= 4 is 5.97 Å². The molecule has 1 fully saturated rings. The minimum atomic E-state index is -0.345. The van der Waals surface area contributed by atoms with E-state index in [1.54, 1.807) is 7.11 Å². The molecule has 5 nitrogen and oxygen atoms in total. The Kier molecular flexibility index (Phi) is 5.56. The van der Waals surface area contributed by atoms with Crippen LogP contribution < -0.4 is 9.47 Å². The molecule has 25 heavy (non-hydrogen) atoms. The summed E-state index contributed by atoms with van der Waals surface area (Å²) in [6.45, 7) is 0.393. The van der Waals surface area contributed by atoms with Gasteiger partial charge in [0.1, 0.15) is 18.1 Å². The van der Waals surface area contributed by atoms with E-state index >= 15 is 0 Å². The first-order chi connectivity index (χ1) is 12.2. The first kappa shape index (κ1) is 17.3. The number of carbonyl (C=O) groups is 1. The second-order valence-corrected chi connectivity index (χ2v) is 5.94. The number of hydrogen-bond acceptors (Lipinski definition) is 5. The molecule has 2 aromatic rings. The number of ether oxygens (including phenoxy) is 4. The van der Waals surface area contributed by atoms with Crippen molar-refractivity contribution in [1.82, 2.24) is 0 Å². The average Bonchev–Trinajstić information content (AvgIpc) is 3.11. The van der Waals surface area contributed by atoms with Crippen LogP contribution in [0.4, 0.5) is 0 Å². The smallest absolute Gasteiger partial charge is 0.311 e. The van der Waals surface area contributed by atoms with Gasteiger partial charge in [0.15, 0.2) is 0 Å². The summed E-state index contributed by atoms with van der Waals surface area (Å²) in [4.78, 5) is 12.2. The van der Waals surface area contributed by atoms with Crippen LogP contribution in [0.3, 0.4) is 0 Å². The molecule has 0 aliphatic carbocycles. The van der Waals surface area contributed by atoms with E-state index < -0.39 is 0 Å². The zero-order chi connectivity index (χ0) is 17.6. The monoisotopic (exact) mass is 342 g/mol. The van der Waals surface area contributed by atoms with Crippen LogP contribution in [0.1, 0.15) is 18.1 Å². The summed E-state index contributed by atoms with van der Waals surface area (Å²) in [5.41, 5.74) is 0.929. The van der Waals surface area contributed by atoms with Gasteiger partial charge in [0.2, 0.25) is 0 Å². The van der Waals surface area contributed by atoms with Crippen molar-refractivity contribution in [1.29, 1.82) is 0 Å². The molecule has 0 bridgehead atoms. The Morgan fingerprint density at radius 2 is 1.76 bits per heavy atom. The molecular formula is C20H22O5. The minimum Gasteiger partial charge on any atom is -0.497 e.